The van der Waals surface area contributed by atoms with Crippen LogP contribution in [0.2, 0.25) is 0 Å². The van der Waals surface area contributed by atoms with Crippen molar-refractivity contribution in [2.24, 2.45) is 7.05 Å². The van der Waals surface area contributed by atoms with E-state index in [-0.39, 0.29) is 23.4 Å². The molecule has 7 heteroatoms. The number of nitrogens with zero attached hydrogens (tertiary/aromatic N) is 2. The molecule has 0 aliphatic heterocycles. The normalized spacial score (nSPS) is 20.1. The first kappa shape index (κ1) is 16.5. The molecular formula is C17H18F3N3O. The van der Waals surface area contributed by atoms with Crippen molar-refractivity contribution in [3.63, 3.8) is 0 Å². The lowest BCUT2D eigenvalue weighted by Crippen LogP contribution is -2.27. The Bertz CT molecular complexity index is 795. The number of benzene rings is 1. The Labute approximate surface area is 137 Å². The Hall–Kier alpha value is -2.31. The van der Waals surface area contributed by atoms with Gasteiger partial charge in [-0.2, -0.15) is 18.3 Å². The third-order valence-electron chi connectivity index (χ3n) is 4.51. The molecule has 1 heterocycles. The van der Waals surface area contributed by atoms with Crippen molar-refractivity contribution in [1.82, 2.24) is 15.1 Å². The summed E-state index contributed by atoms with van der Waals surface area (Å²) in [4.78, 5) is 12.4. The summed E-state index contributed by atoms with van der Waals surface area (Å²) < 4.78 is 40.9. The van der Waals surface area contributed by atoms with Crippen LogP contribution in [0.4, 0.5) is 13.2 Å². The smallest absolute Gasteiger partial charge is 0.349 e. The predicted octanol–water partition coefficient (Wildman–Crippen LogP) is 3.34. The highest BCUT2D eigenvalue weighted by atomic mass is 19.4. The molecule has 1 aromatic heterocycles. The van der Waals surface area contributed by atoms with Gasteiger partial charge in [-0.15, -0.1) is 0 Å². The Kier molecular flexibility index (Phi) is 3.89. The number of aromatic nitrogens is 2. The molecule has 1 saturated carbocycles. The maximum Gasteiger partial charge on any atom is 0.416 e. The highest BCUT2D eigenvalue weighted by Gasteiger charge is 2.45. The lowest BCUT2D eigenvalue weighted by atomic mass is 10.0. The van der Waals surface area contributed by atoms with E-state index in [1.807, 2.05) is 0 Å². The van der Waals surface area contributed by atoms with E-state index < -0.39 is 11.7 Å². The Balaban J connectivity index is 1.76. The van der Waals surface area contributed by atoms with Gasteiger partial charge in [0.05, 0.1) is 16.8 Å². The van der Waals surface area contributed by atoms with E-state index in [0.29, 0.717) is 17.7 Å². The van der Waals surface area contributed by atoms with Gasteiger partial charge < -0.3 is 5.32 Å². The zero-order chi connectivity index (χ0) is 17.6. The molecule has 0 spiro atoms. The Morgan fingerprint density at radius 1 is 1.29 bits per heavy atom. The van der Waals surface area contributed by atoms with Gasteiger partial charge in [-0.1, -0.05) is 18.2 Å². The predicted molar refractivity (Wildman–Crippen MR) is 82.7 cm³/mol. The molecule has 4 nitrogen and oxygen atoms in total. The number of rotatable bonds is 3. The maximum atomic E-state index is 13.1. The molecule has 1 aliphatic rings. The second-order valence-electron chi connectivity index (χ2n) is 6.18. The van der Waals surface area contributed by atoms with Crippen LogP contribution in [0.15, 0.2) is 24.3 Å². The first-order chi connectivity index (χ1) is 11.2. The molecule has 24 heavy (non-hydrogen) atoms. The summed E-state index contributed by atoms with van der Waals surface area (Å²) >= 11 is 0. The molecular weight excluding hydrogens is 319 g/mol. The topological polar surface area (TPSA) is 46.9 Å². The van der Waals surface area contributed by atoms with Gasteiger partial charge >= 0.3 is 6.18 Å². The first-order valence-electron chi connectivity index (χ1n) is 7.67. The zero-order valence-electron chi connectivity index (χ0n) is 13.6. The van der Waals surface area contributed by atoms with Crippen molar-refractivity contribution in [1.29, 1.82) is 0 Å². The van der Waals surface area contributed by atoms with Crippen molar-refractivity contribution >= 4 is 5.91 Å². The number of aryl methyl sites for hydroxylation is 2. The first-order valence-corrected chi connectivity index (χ1v) is 7.67. The molecule has 1 aromatic carbocycles. The van der Waals surface area contributed by atoms with E-state index in [1.54, 1.807) is 31.6 Å². The number of hydrogen-bond acceptors (Lipinski definition) is 2. The monoisotopic (exact) mass is 337 g/mol. The largest absolute Gasteiger partial charge is 0.416 e. The van der Waals surface area contributed by atoms with Crippen LogP contribution in [0.25, 0.3) is 0 Å². The van der Waals surface area contributed by atoms with Crippen molar-refractivity contribution in [3.8, 4) is 0 Å². The van der Waals surface area contributed by atoms with E-state index in [2.05, 4.69) is 10.4 Å². The minimum atomic E-state index is -4.38. The second kappa shape index (κ2) is 5.65. The minimum absolute atomic E-state index is 0.245. The summed E-state index contributed by atoms with van der Waals surface area (Å²) in [7, 11) is 1.75. The van der Waals surface area contributed by atoms with Crippen molar-refractivity contribution in [2.75, 3.05) is 0 Å². The number of nitrogens with one attached hydrogen (secondary N) is 1. The lowest BCUT2D eigenvalue weighted by Gasteiger charge is -2.12. The van der Waals surface area contributed by atoms with Crippen LogP contribution >= 0.6 is 0 Å². The Morgan fingerprint density at radius 2 is 1.96 bits per heavy atom. The molecule has 1 N–H and O–H groups in total. The molecule has 1 aliphatic carbocycles. The fourth-order valence-corrected chi connectivity index (χ4v) is 3.12. The number of carbonyl (C=O) groups is 1. The van der Waals surface area contributed by atoms with E-state index in [4.69, 9.17) is 0 Å². The molecule has 1 fully saturated rings. The summed E-state index contributed by atoms with van der Waals surface area (Å²) in [5.41, 5.74) is 1.46. The molecule has 0 radical (unpaired) electrons. The van der Waals surface area contributed by atoms with Gasteiger partial charge in [0, 0.05) is 24.7 Å². The minimum Gasteiger partial charge on any atom is -0.349 e. The van der Waals surface area contributed by atoms with E-state index in [9.17, 15) is 18.0 Å². The number of carbonyl (C=O) groups excluding carboxylic acids is 1. The van der Waals surface area contributed by atoms with E-state index >= 15 is 0 Å². The van der Waals surface area contributed by atoms with Crippen LogP contribution in [0, 0.1) is 13.8 Å². The van der Waals surface area contributed by atoms with Crippen molar-refractivity contribution in [3.05, 3.63) is 52.3 Å². The fraction of sp³-hybridized carbons (Fsp3) is 0.412. The molecule has 0 unspecified atom stereocenters. The van der Waals surface area contributed by atoms with Gasteiger partial charge in [0.1, 0.15) is 0 Å². The lowest BCUT2D eigenvalue weighted by molar-refractivity contribution is -0.138. The van der Waals surface area contributed by atoms with Crippen molar-refractivity contribution in [2.45, 2.75) is 38.4 Å². The van der Waals surface area contributed by atoms with Gasteiger partial charge in [0.15, 0.2) is 0 Å². The molecule has 0 bridgehead atoms. The van der Waals surface area contributed by atoms with Crippen LogP contribution in [0.3, 0.4) is 0 Å². The van der Waals surface area contributed by atoms with Crippen LogP contribution in [0.5, 0.6) is 0 Å². The fourth-order valence-electron chi connectivity index (χ4n) is 3.12. The van der Waals surface area contributed by atoms with Gasteiger partial charge in [-0.3, -0.25) is 9.48 Å². The average molecular weight is 337 g/mol. The van der Waals surface area contributed by atoms with Gasteiger partial charge in [-0.25, -0.2) is 0 Å². The number of hydrogen-bond donors (Lipinski definition) is 1. The van der Waals surface area contributed by atoms with Crippen LogP contribution < -0.4 is 5.32 Å². The second-order valence-corrected chi connectivity index (χ2v) is 6.18. The van der Waals surface area contributed by atoms with Gasteiger partial charge in [0.25, 0.3) is 5.91 Å². The van der Waals surface area contributed by atoms with E-state index in [1.165, 1.54) is 12.1 Å². The standard InChI is InChI=1S/C17H18F3N3O/c1-9-15(10(2)23(3)22-9)16(24)21-14-8-12(14)11-6-4-5-7-13(11)17(18,19)20/h4-7,12,14H,8H2,1-3H3,(H,21,24)/t12-,14-/m1/s1. The zero-order valence-corrected chi connectivity index (χ0v) is 13.6. The summed E-state index contributed by atoms with van der Waals surface area (Å²) in [5, 5.41) is 7.02. The molecule has 2 atom stereocenters. The molecule has 3 rings (SSSR count). The summed E-state index contributed by atoms with van der Waals surface area (Å²) in [6, 6.07) is 5.27. The maximum absolute atomic E-state index is 13.1. The van der Waals surface area contributed by atoms with Gasteiger partial charge in [0.2, 0.25) is 0 Å². The van der Waals surface area contributed by atoms with Gasteiger partial charge in [-0.05, 0) is 31.9 Å². The molecule has 128 valence electrons. The molecule has 1 amide bonds. The highest BCUT2D eigenvalue weighted by molar-refractivity contribution is 5.96. The Morgan fingerprint density at radius 3 is 2.54 bits per heavy atom. The van der Waals surface area contributed by atoms with Crippen LogP contribution in [-0.2, 0) is 13.2 Å². The number of alkyl halides is 3. The highest BCUT2D eigenvalue weighted by Crippen LogP contribution is 2.46. The van der Waals surface area contributed by atoms with E-state index in [0.717, 1.165) is 11.8 Å². The van der Waals surface area contributed by atoms with Crippen LogP contribution in [-0.4, -0.2) is 21.7 Å². The summed E-state index contributed by atoms with van der Waals surface area (Å²) in [6.07, 6.45) is -3.87. The third kappa shape index (κ3) is 2.90. The van der Waals surface area contributed by atoms with Crippen molar-refractivity contribution < 1.29 is 18.0 Å². The number of amides is 1. The number of halogens is 3. The average Bonchev–Trinajstić information content (AvgIpc) is 3.19. The van der Waals surface area contributed by atoms with Crippen LogP contribution in [0.1, 0.15) is 45.2 Å². The summed E-state index contributed by atoms with van der Waals surface area (Å²) in [5.74, 6) is -0.584. The molecule has 0 saturated heterocycles. The SMILES string of the molecule is Cc1nn(C)c(C)c1C(=O)N[C@@H]1C[C@@H]1c1ccccc1C(F)(F)F. The quantitative estimate of drug-likeness (QED) is 0.934. The third-order valence-corrected chi connectivity index (χ3v) is 4.51. The molecule has 2 aromatic rings. The summed E-state index contributed by atoms with van der Waals surface area (Å²) in [6.45, 7) is 3.53.